The molecule has 1 aliphatic rings. The van der Waals surface area contributed by atoms with Gasteiger partial charge >= 0.3 is 0 Å². The van der Waals surface area contributed by atoms with Gasteiger partial charge in [-0.15, -0.1) is 0 Å². The van der Waals surface area contributed by atoms with Gasteiger partial charge < -0.3 is 4.74 Å². The number of aryl methyl sites for hydroxylation is 2. The van der Waals surface area contributed by atoms with Crippen molar-refractivity contribution in [2.45, 2.75) is 32.6 Å². The molecule has 0 saturated heterocycles. The minimum atomic E-state index is -0.0109. The van der Waals surface area contributed by atoms with Gasteiger partial charge in [0.05, 0.1) is 35.7 Å². The molecule has 1 aliphatic heterocycles. The molecule has 0 amide bonds. The highest BCUT2D eigenvalue weighted by Gasteiger charge is 2.20. The molecule has 6 heteroatoms. The fourth-order valence-electron chi connectivity index (χ4n) is 2.78. The molecule has 112 valence electrons. The summed E-state index contributed by atoms with van der Waals surface area (Å²) in [5.74, 6) is 5.75. The molecule has 0 spiro atoms. The number of nitrogens with two attached hydrogens (primary N) is 1. The molecule has 0 fully saturated rings. The van der Waals surface area contributed by atoms with Crippen molar-refractivity contribution in [3.8, 4) is 0 Å². The largest absolute Gasteiger partial charge is 0.372 e. The van der Waals surface area contributed by atoms with Crippen LogP contribution in [0, 0.1) is 6.92 Å². The zero-order valence-corrected chi connectivity index (χ0v) is 12.9. The van der Waals surface area contributed by atoms with Crippen LogP contribution >= 0.6 is 11.6 Å². The summed E-state index contributed by atoms with van der Waals surface area (Å²) in [4.78, 5) is 0. The topological polar surface area (TPSA) is 65.1 Å². The molecule has 0 radical (unpaired) electrons. The van der Waals surface area contributed by atoms with Gasteiger partial charge in [-0.3, -0.25) is 16.0 Å². The van der Waals surface area contributed by atoms with E-state index in [1.54, 1.807) is 0 Å². The van der Waals surface area contributed by atoms with E-state index >= 15 is 0 Å². The van der Waals surface area contributed by atoms with E-state index in [9.17, 15) is 0 Å². The van der Waals surface area contributed by atoms with Crippen molar-refractivity contribution in [1.29, 1.82) is 0 Å². The lowest BCUT2D eigenvalue weighted by Crippen LogP contribution is -2.30. The predicted octanol–water partition coefficient (Wildman–Crippen LogP) is 2.16. The van der Waals surface area contributed by atoms with Crippen LogP contribution in [0.4, 0.5) is 0 Å². The maximum absolute atomic E-state index is 6.32. The first-order valence-electron chi connectivity index (χ1n) is 6.93. The van der Waals surface area contributed by atoms with Gasteiger partial charge in [-0.2, -0.15) is 5.10 Å². The zero-order valence-electron chi connectivity index (χ0n) is 12.2. The predicted molar refractivity (Wildman–Crippen MR) is 81.7 cm³/mol. The first-order valence-corrected chi connectivity index (χ1v) is 7.31. The van der Waals surface area contributed by atoms with Crippen molar-refractivity contribution < 1.29 is 4.74 Å². The molecule has 1 unspecified atom stereocenters. The maximum atomic E-state index is 6.32. The molecule has 3 N–H and O–H groups in total. The Kier molecular flexibility index (Phi) is 3.99. The smallest absolute Gasteiger partial charge is 0.0847 e. The van der Waals surface area contributed by atoms with Gasteiger partial charge in [-0.05, 0) is 23.6 Å². The molecule has 5 nitrogen and oxygen atoms in total. The molecular formula is C15H19ClN4O. The Hall–Kier alpha value is -1.40. The number of nitrogens with one attached hydrogen (secondary N) is 1. The lowest BCUT2D eigenvalue weighted by atomic mass is 9.98. The maximum Gasteiger partial charge on any atom is 0.0847 e. The van der Waals surface area contributed by atoms with Crippen LogP contribution in [0.5, 0.6) is 0 Å². The van der Waals surface area contributed by atoms with Crippen LogP contribution in [-0.2, 0) is 31.4 Å². The van der Waals surface area contributed by atoms with E-state index in [2.05, 4.69) is 28.7 Å². The third kappa shape index (κ3) is 2.70. The number of aromatic nitrogens is 2. The highest BCUT2D eigenvalue weighted by atomic mass is 35.5. The van der Waals surface area contributed by atoms with Gasteiger partial charge in [0.15, 0.2) is 0 Å². The number of hydrazine groups is 1. The van der Waals surface area contributed by atoms with Crippen molar-refractivity contribution in [3.05, 3.63) is 51.3 Å². The number of nitrogens with zero attached hydrogens (tertiary/aromatic N) is 2. The molecule has 1 atom stereocenters. The molecule has 3 rings (SSSR count). The Balaban J connectivity index is 1.88. The fourth-order valence-corrected chi connectivity index (χ4v) is 3.01. The minimum absolute atomic E-state index is 0.0109. The summed E-state index contributed by atoms with van der Waals surface area (Å²) in [5, 5.41) is 5.06. The summed E-state index contributed by atoms with van der Waals surface area (Å²) in [6.07, 6.45) is 0.687. The second-order valence-electron chi connectivity index (χ2n) is 5.41. The number of ether oxygens (including phenoxy) is 1. The van der Waals surface area contributed by atoms with E-state index < -0.39 is 0 Å². The quantitative estimate of drug-likeness (QED) is 0.671. The summed E-state index contributed by atoms with van der Waals surface area (Å²) < 4.78 is 7.27. The van der Waals surface area contributed by atoms with E-state index in [4.69, 9.17) is 22.2 Å². The van der Waals surface area contributed by atoms with Gasteiger partial charge in [-0.25, -0.2) is 0 Å². The summed E-state index contributed by atoms with van der Waals surface area (Å²) in [5.41, 5.74) is 8.33. The van der Waals surface area contributed by atoms with E-state index in [1.165, 1.54) is 11.1 Å². The Morgan fingerprint density at radius 2 is 2.19 bits per heavy atom. The van der Waals surface area contributed by atoms with Gasteiger partial charge in [0, 0.05) is 13.5 Å². The van der Waals surface area contributed by atoms with Crippen LogP contribution in [0.1, 0.15) is 34.1 Å². The van der Waals surface area contributed by atoms with E-state index in [0.29, 0.717) is 24.7 Å². The lowest BCUT2D eigenvalue weighted by Gasteiger charge is -2.17. The highest BCUT2D eigenvalue weighted by molar-refractivity contribution is 6.31. The van der Waals surface area contributed by atoms with Crippen LogP contribution in [-0.4, -0.2) is 9.78 Å². The molecule has 21 heavy (non-hydrogen) atoms. The number of fused-ring (bicyclic) bond motifs is 1. The van der Waals surface area contributed by atoms with Crippen molar-refractivity contribution in [1.82, 2.24) is 15.2 Å². The van der Waals surface area contributed by atoms with E-state index in [1.807, 2.05) is 18.7 Å². The van der Waals surface area contributed by atoms with Gasteiger partial charge in [0.2, 0.25) is 0 Å². The summed E-state index contributed by atoms with van der Waals surface area (Å²) in [6.45, 7) is 3.28. The van der Waals surface area contributed by atoms with Crippen LogP contribution in [0.2, 0.25) is 5.02 Å². The summed E-state index contributed by atoms with van der Waals surface area (Å²) in [7, 11) is 1.90. The normalized spacial score (nSPS) is 15.2. The molecule has 2 heterocycles. The van der Waals surface area contributed by atoms with E-state index in [0.717, 1.165) is 17.0 Å². The first kappa shape index (κ1) is 14.5. The Morgan fingerprint density at radius 3 is 2.86 bits per heavy atom. The number of hydrogen-bond acceptors (Lipinski definition) is 4. The standard InChI is InChI=1S/C15H19ClN4O/c1-9-15(16)14(20(2)19-9)6-13(18-17)10-3-4-11-7-21-8-12(11)5-10/h3-5,13,18H,6-8,17H2,1-2H3. The molecule has 2 aromatic rings. The molecule has 0 bridgehead atoms. The Labute approximate surface area is 129 Å². The van der Waals surface area contributed by atoms with Gasteiger partial charge in [-0.1, -0.05) is 29.8 Å². The summed E-state index contributed by atoms with van der Waals surface area (Å²) >= 11 is 6.32. The number of hydrogen-bond donors (Lipinski definition) is 2. The molecule has 1 aromatic heterocycles. The molecule has 0 aliphatic carbocycles. The Morgan fingerprint density at radius 1 is 1.43 bits per heavy atom. The van der Waals surface area contributed by atoms with Gasteiger partial charge in [0.1, 0.15) is 0 Å². The number of rotatable bonds is 4. The van der Waals surface area contributed by atoms with Gasteiger partial charge in [0.25, 0.3) is 0 Å². The monoisotopic (exact) mass is 306 g/mol. The van der Waals surface area contributed by atoms with Crippen molar-refractivity contribution >= 4 is 11.6 Å². The van der Waals surface area contributed by atoms with Crippen LogP contribution in [0.3, 0.4) is 0 Å². The second kappa shape index (κ2) is 5.77. The fraction of sp³-hybridized carbons (Fsp3) is 0.400. The molecule has 0 saturated carbocycles. The number of benzene rings is 1. The second-order valence-corrected chi connectivity index (χ2v) is 5.79. The summed E-state index contributed by atoms with van der Waals surface area (Å²) in [6, 6.07) is 6.35. The lowest BCUT2D eigenvalue weighted by molar-refractivity contribution is 0.134. The number of halogens is 1. The van der Waals surface area contributed by atoms with E-state index in [-0.39, 0.29) is 6.04 Å². The van der Waals surface area contributed by atoms with Crippen LogP contribution < -0.4 is 11.3 Å². The average Bonchev–Trinajstić information content (AvgIpc) is 3.03. The molecular weight excluding hydrogens is 288 g/mol. The van der Waals surface area contributed by atoms with Crippen molar-refractivity contribution in [2.75, 3.05) is 0 Å². The molecule has 1 aromatic carbocycles. The third-order valence-electron chi connectivity index (χ3n) is 4.01. The third-order valence-corrected chi connectivity index (χ3v) is 4.50. The van der Waals surface area contributed by atoms with Crippen LogP contribution in [0.15, 0.2) is 18.2 Å². The van der Waals surface area contributed by atoms with Crippen molar-refractivity contribution in [2.24, 2.45) is 12.9 Å². The minimum Gasteiger partial charge on any atom is -0.372 e. The van der Waals surface area contributed by atoms with Crippen LogP contribution in [0.25, 0.3) is 0 Å². The SMILES string of the molecule is Cc1nn(C)c(CC(NN)c2ccc3c(c2)COC3)c1Cl. The average molecular weight is 307 g/mol. The first-order chi connectivity index (χ1) is 10.1. The van der Waals surface area contributed by atoms with Crippen molar-refractivity contribution in [3.63, 3.8) is 0 Å². The highest BCUT2D eigenvalue weighted by Crippen LogP contribution is 2.28. The Bertz CT molecular complexity index is 668. The zero-order chi connectivity index (χ0) is 15.0.